The molecule has 3 heterocycles. The Labute approximate surface area is 223 Å². The molecule has 0 spiro atoms. The maximum absolute atomic E-state index is 6.60. The van der Waals surface area contributed by atoms with Crippen LogP contribution in [0.4, 0.5) is 0 Å². The lowest BCUT2D eigenvalue weighted by Gasteiger charge is -2.16. The second-order valence-corrected chi connectivity index (χ2v) is 10.1. The number of hydrogen-bond acceptors (Lipinski definition) is 1. The van der Waals surface area contributed by atoms with E-state index in [0.717, 1.165) is 44.3 Å². The van der Waals surface area contributed by atoms with Gasteiger partial charge in [0.15, 0.2) is 5.58 Å². The van der Waals surface area contributed by atoms with Crippen LogP contribution in [0, 0.1) is 0 Å². The van der Waals surface area contributed by atoms with Crippen molar-refractivity contribution in [2.75, 3.05) is 0 Å². The zero-order chi connectivity index (χ0) is 25.5. The Morgan fingerprint density at radius 1 is 0.359 bits per heavy atom. The summed E-state index contributed by atoms with van der Waals surface area (Å²) in [5, 5.41) is 7.19. The zero-order valence-corrected chi connectivity index (χ0v) is 21.0. The van der Waals surface area contributed by atoms with Gasteiger partial charge >= 0.3 is 0 Å². The van der Waals surface area contributed by atoms with Gasteiger partial charge in [0.2, 0.25) is 0 Å². The number of fused-ring (bicyclic) bond motifs is 10. The molecule has 0 aliphatic carbocycles. The Bertz CT molecular complexity index is 2350. The SMILES string of the molecule is c1ccc(-n2c3ccccc3c3ccc4c5ccccc5oc4c32)c(-n2c3ccccc3c3ccccc32)c1. The molecule has 0 aliphatic heterocycles. The van der Waals surface area contributed by atoms with E-state index in [1.165, 1.54) is 32.6 Å². The first-order chi connectivity index (χ1) is 19.4. The van der Waals surface area contributed by atoms with Crippen molar-refractivity contribution in [3.05, 3.63) is 133 Å². The largest absolute Gasteiger partial charge is 0.454 e. The molecule has 3 heteroatoms. The molecule has 0 saturated carbocycles. The fourth-order valence-electron chi connectivity index (χ4n) is 6.51. The monoisotopic (exact) mass is 498 g/mol. The third kappa shape index (κ3) is 2.71. The standard InChI is InChI=1S/C36H22N2O/c1-5-15-29-23(11-1)24-12-2-6-16-30(24)37(29)32-18-8-9-19-33(32)38-31-17-7-3-13-25(31)27-21-22-28-26-14-4-10-20-34(26)39-36(28)35(27)38/h1-22H. The molecule has 0 unspecified atom stereocenters. The maximum atomic E-state index is 6.60. The lowest BCUT2D eigenvalue weighted by atomic mass is 10.1. The molecule has 182 valence electrons. The van der Waals surface area contributed by atoms with Gasteiger partial charge in [-0.3, -0.25) is 0 Å². The van der Waals surface area contributed by atoms with Gasteiger partial charge in [-0.2, -0.15) is 0 Å². The molecule has 3 aromatic heterocycles. The molecule has 0 atom stereocenters. The van der Waals surface area contributed by atoms with Gasteiger partial charge in [-0.25, -0.2) is 0 Å². The van der Waals surface area contributed by atoms with Gasteiger partial charge in [-0.05, 0) is 42.5 Å². The first-order valence-corrected chi connectivity index (χ1v) is 13.3. The fourth-order valence-corrected chi connectivity index (χ4v) is 6.51. The van der Waals surface area contributed by atoms with Crippen LogP contribution in [-0.2, 0) is 0 Å². The minimum absolute atomic E-state index is 0.910. The Kier molecular flexibility index (Phi) is 4.05. The molecule has 0 radical (unpaired) electrons. The fraction of sp³-hybridized carbons (Fsp3) is 0. The van der Waals surface area contributed by atoms with Crippen molar-refractivity contribution in [3.63, 3.8) is 0 Å². The van der Waals surface area contributed by atoms with E-state index in [0.29, 0.717) is 0 Å². The molecule has 0 N–H and O–H groups in total. The van der Waals surface area contributed by atoms with E-state index in [1.54, 1.807) is 0 Å². The van der Waals surface area contributed by atoms with Gasteiger partial charge in [-0.15, -0.1) is 0 Å². The van der Waals surface area contributed by atoms with E-state index < -0.39 is 0 Å². The minimum Gasteiger partial charge on any atom is -0.454 e. The predicted molar refractivity (Wildman–Crippen MR) is 162 cm³/mol. The van der Waals surface area contributed by atoms with Gasteiger partial charge in [0, 0.05) is 32.3 Å². The quantitative estimate of drug-likeness (QED) is 0.233. The molecule has 0 bridgehead atoms. The third-order valence-corrected chi connectivity index (χ3v) is 8.12. The normalized spacial score (nSPS) is 12.1. The Balaban J connectivity index is 1.49. The summed E-state index contributed by atoms with van der Waals surface area (Å²) >= 11 is 0. The van der Waals surface area contributed by atoms with E-state index in [9.17, 15) is 0 Å². The van der Waals surface area contributed by atoms with Gasteiger partial charge in [0.05, 0.1) is 33.4 Å². The van der Waals surface area contributed by atoms with Crippen molar-refractivity contribution >= 4 is 65.6 Å². The summed E-state index contributed by atoms with van der Waals surface area (Å²) in [6, 6.07) is 47.5. The summed E-state index contributed by atoms with van der Waals surface area (Å²) in [7, 11) is 0. The van der Waals surface area contributed by atoms with Gasteiger partial charge < -0.3 is 13.6 Å². The zero-order valence-electron chi connectivity index (χ0n) is 21.0. The smallest absolute Gasteiger partial charge is 0.160 e. The second kappa shape index (κ2) is 7.62. The number of furan rings is 1. The topological polar surface area (TPSA) is 23.0 Å². The van der Waals surface area contributed by atoms with Crippen molar-refractivity contribution < 1.29 is 4.42 Å². The number of rotatable bonds is 2. The third-order valence-electron chi connectivity index (χ3n) is 8.12. The summed E-state index contributed by atoms with van der Waals surface area (Å²) in [5.41, 5.74) is 8.72. The highest BCUT2D eigenvalue weighted by Crippen LogP contribution is 2.42. The lowest BCUT2D eigenvalue weighted by Crippen LogP contribution is -2.03. The highest BCUT2D eigenvalue weighted by Gasteiger charge is 2.21. The van der Waals surface area contributed by atoms with Crippen LogP contribution >= 0.6 is 0 Å². The van der Waals surface area contributed by atoms with Crippen LogP contribution < -0.4 is 0 Å². The minimum atomic E-state index is 0.910. The molecular formula is C36H22N2O. The Morgan fingerprint density at radius 3 is 1.49 bits per heavy atom. The number of benzene rings is 6. The van der Waals surface area contributed by atoms with Crippen LogP contribution in [0.3, 0.4) is 0 Å². The summed E-state index contributed by atoms with van der Waals surface area (Å²) < 4.78 is 11.4. The van der Waals surface area contributed by atoms with Crippen LogP contribution in [-0.4, -0.2) is 9.13 Å². The van der Waals surface area contributed by atoms with Crippen molar-refractivity contribution in [3.8, 4) is 11.4 Å². The highest BCUT2D eigenvalue weighted by atomic mass is 16.3. The van der Waals surface area contributed by atoms with E-state index in [2.05, 4.69) is 137 Å². The van der Waals surface area contributed by atoms with E-state index >= 15 is 0 Å². The first kappa shape index (κ1) is 20.7. The predicted octanol–water partition coefficient (Wildman–Crippen LogP) is 9.78. The highest BCUT2D eigenvalue weighted by molar-refractivity contribution is 6.21. The van der Waals surface area contributed by atoms with Gasteiger partial charge in [-0.1, -0.05) is 91.0 Å². The molecule has 9 aromatic rings. The molecule has 6 aromatic carbocycles. The van der Waals surface area contributed by atoms with Crippen LogP contribution in [0.2, 0.25) is 0 Å². The van der Waals surface area contributed by atoms with Crippen molar-refractivity contribution in [1.82, 2.24) is 9.13 Å². The number of nitrogens with zero attached hydrogens (tertiary/aromatic N) is 2. The van der Waals surface area contributed by atoms with Crippen LogP contribution in [0.25, 0.3) is 76.9 Å². The van der Waals surface area contributed by atoms with Crippen molar-refractivity contribution in [2.45, 2.75) is 0 Å². The molecule has 9 rings (SSSR count). The number of aromatic nitrogens is 2. The van der Waals surface area contributed by atoms with Crippen molar-refractivity contribution in [2.24, 2.45) is 0 Å². The molecule has 0 aliphatic rings. The first-order valence-electron chi connectivity index (χ1n) is 13.3. The Morgan fingerprint density at radius 2 is 0.821 bits per heavy atom. The average molecular weight is 499 g/mol. The van der Waals surface area contributed by atoms with Crippen LogP contribution in [0.1, 0.15) is 0 Å². The summed E-state index contributed by atoms with van der Waals surface area (Å²) in [6.07, 6.45) is 0. The van der Waals surface area contributed by atoms with Gasteiger partial charge in [0.25, 0.3) is 0 Å². The van der Waals surface area contributed by atoms with E-state index in [4.69, 9.17) is 4.42 Å². The summed E-state index contributed by atoms with van der Waals surface area (Å²) in [4.78, 5) is 0. The average Bonchev–Trinajstić information content (AvgIpc) is 3.65. The molecular weight excluding hydrogens is 476 g/mol. The van der Waals surface area contributed by atoms with Gasteiger partial charge in [0.1, 0.15) is 5.58 Å². The number of para-hydroxylation sites is 6. The van der Waals surface area contributed by atoms with E-state index in [-0.39, 0.29) is 0 Å². The summed E-state index contributed by atoms with van der Waals surface area (Å²) in [6.45, 7) is 0. The molecule has 0 saturated heterocycles. The number of hydrogen-bond donors (Lipinski definition) is 0. The second-order valence-electron chi connectivity index (χ2n) is 10.1. The molecule has 0 fully saturated rings. The van der Waals surface area contributed by atoms with Crippen LogP contribution in [0.5, 0.6) is 0 Å². The molecule has 0 amide bonds. The molecule has 3 nitrogen and oxygen atoms in total. The lowest BCUT2D eigenvalue weighted by molar-refractivity contribution is 0.671. The van der Waals surface area contributed by atoms with Crippen molar-refractivity contribution in [1.29, 1.82) is 0 Å². The Hall–Kier alpha value is -5.28. The van der Waals surface area contributed by atoms with E-state index in [1.807, 2.05) is 6.07 Å². The van der Waals surface area contributed by atoms with Crippen LogP contribution in [0.15, 0.2) is 138 Å². The molecule has 39 heavy (non-hydrogen) atoms. The maximum Gasteiger partial charge on any atom is 0.160 e. The summed E-state index contributed by atoms with van der Waals surface area (Å²) in [5.74, 6) is 0.